The summed E-state index contributed by atoms with van der Waals surface area (Å²) in [6, 6.07) is 13.9. The van der Waals surface area contributed by atoms with E-state index in [-0.39, 0.29) is 120 Å². The van der Waals surface area contributed by atoms with E-state index >= 15 is 13.2 Å². The number of aromatic hydroxyl groups is 1. The van der Waals surface area contributed by atoms with Gasteiger partial charge in [0.05, 0.1) is 39.2 Å². The Hall–Kier alpha value is -7.38. The third-order valence-corrected chi connectivity index (χ3v) is 16.8. The molecule has 4 aliphatic heterocycles. The summed E-state index contributed by atoms with van der Waals surface area (Å²) >= 11 is 1.56. The highest BCUT2D eigenvalue weighted by Gasteiger charge is 2.44. The van der Waals surface area contributed by atoms with Crippen LogP contribution >= 0.6 is 11.3 Å². The van der Waals surface area contributed by atoms with Gasteiger partial charge in [-0.05, 0) is 85.3 Å². The van der Waals surface area contributed by atoms with Gasteiger partial charge in [0.25, 0.3) is 5.88 Å². The third-order valence-electron chi connectivity index (χ3n) is 15.9. The number of likely N-dealkylation sites (tertiary alicyclic amines) is 2. The van der Waals surface area contributed by atoms with E-state index in [1.54, 1.807) is 11.3 Å². The number of piperidine rings is 1. The molecule has 2 bridgehead atoms. The molecule has 2 amide bonds. The molecule has 4 N–H and O–H groups in total. The normalized spacial score (nSPS) is 20.9. The predicted molar refractivity (Wildman–Crippen MR) is 292 cm³/mol. The quantitative estimate of drug-likeness (QED) is 0.0677. The van der Waals surface area contributed by atoms with Crippen molar-refractivity contribution in [2.24, 2.45) is 5.92 Å². The fourth-order valence-corrected chi connectivity index (χ4v) is 12.4. The van der Waals surface area contributed by atoms with Gasteiger partial charge >= 0.3 is 6.01 Å². The molecule has 0 radical (unpaired) electrons. The first-order valence-corrected chi connectivity index (χ1v) is 27.6. The van der Waals surface area contributed by atoms with Crippen LogP contribution < -0.4 is 25.0 Å². The van der Waals surface area contributed by atoms with Gasteiger partial charge < -0.3 is 44.6 Å². The largest absolute Gasteiger partial charge is 0.508 e. The van der Waals surface area contributed by atoms with Crippen molar-refractivity contribution in [3.8, 4) is 51.7 Å². The monoisotopic (exact) mass is 1100 g/mol. The number of hydrogen-bond donors (Lipinski definition) is 4. The van der Waals surface area contributed by atoms with Crippen LogP contribution in [0.15, 0.2) is 70.8 Å². The van der Waals surface area contributed by atoms with E-state index in [4.69, 9.17) is 25.4 Å². The number of aliphatic hydroxyl groups is 1. The number of nitrogens with one attached hydrogen (secondary N) is 2. The zero-order chi connectivity index (χ0) is 55.3. The molecule has 0 aliphatic carbocycles. The maximum absolute atomic E-state index is 17.1. The first kappa shape index (κ1) is 53.6. The smallest absolute Gasteiger partial charge is 0.319 e. The molecule has 0 spiro atoms. The molecule has 4 aliphatic rings. The molecule has 6 atom stereocenters. The molecule has 4 saturated heterocycles. The second kappa shape index (κ2) is 22.0. The number of anilines is 1. The van der Waals surface area contributed by atoms with Crippen LogP contribution in [0.25, 0.3) is 43.4 Å². The first-order chi connectivity index (χ1) is 38.0. The van der Waals surface area contributed by atoms with E-state index in [0.29, 0.717) is 49.3 Å². The Morgan fingerprint density at radius 1 is 1.01 bits per heavy atom. The average Bonchev–Trinajstić information content (AvgIpc) is 4.42. The lowest BCUT2D eigenvalue weighted by atomic mass is 9.91. The number of fused-ring (bicyclic) bond motifs is 4. The van der Waals surface area contributed by atoms with Crippen molar-refractivity contribution >= 4 is 50.6 Å². The molecule has 412 valence electrons. The van der Waals surface area contributed by atoms with Crippen LogP contribution in [0.4, 0.5) is 19.0 Å². The van der Waals surface area contributed by atoms with Crippen molar-refractivity contribution in [3.05, 3.63) is 101 Å². The molecule has 17 nitrogen and oxygen atoms in total. The summed E-state index contributed by atoms with van der Waals surface area (Å²) in [5.74, 6) is -0.569. The molecule has 3 aromatic carbocycles. The molecule has 4 aromatic heterocycles. The predicted octanol–water partition coefficient (Wildman–Crippen LogP) is 8.01. The number of aryl methyl sites for hydroxylation is 1. The number of pyridine rings is 1. The molecule has 21 heteroatoms. The number of aromatic nitrogens is 5. The zero-order valence-electron chi connectivity index (χ0n) is 44.2. The number of phenols is 1. The molecule has 4 fully saturated rings. The van der Waals surface area contributed by atoms with Crippen LogP contribution in [-0.2, 0) is 9.59 Å². The van der Waals surface area contributed by atoms with E-state index in [1.807, 2.05) is 62.4 Å². The van der Waals surface area contributed by atoms with Gasteiger partial charge in [0.2, 0.25) is 11.8 Å². The molecule has 8 heterocycles. The third kappa shape index (κ3) is 10.9. The number of benzene rings is 3. The number of terminal acetylenes is 1. The number of hydrogen-bond acceptors (Lipinski definition) is 16. The highest BCUT2D eigenvalue weighted by atomic mass is 32.1. The number of ether oxygens (including phenoxy) is 2. The van der Waals surface area contributed by atoms with E-state index < -0.39 is 41.3 Å². The van der Waals surface area contributed by atoms with Crippen molar-refractivity contribution in [1.29, 1.82) is 0 Å². The van der Waals surface area contributed by atoms with Gasteiger partial charge in [-0.15, -0.1) is 17.8 Å². The van der Waals surface area contributed by atoms with Crippen LogP contribution in [0.2, 0.25) is 0 Å². The van der Waals surface area contributed by atoms with Crippen molar-refractivity contribution in [2.45, 2.75) is 102 Å². The number of thiazole rings is 1. The summed E-state index contributed by atoms with van der Waals surface area (Å²) in [7, 11) is 0. The van der Waals surface area contributed by atoms with Gasteiger partial charge in [0, 0.05) is 81.0 Å². The second-order valence-electron chi connectivity index (χ2n) is 21.6. The highest BCUT2D eigenvalue weighted by Crippen LogP contribution is 2.40. The van der Waals surface area contributed by atoms with Crippen LogP contribution in [0, 0.1) is 36.8 Å². The number of piperazine rings is 1. The number of aliphatic hydroxyl groups excluding tert-OH is 1. The summed E-state index contributed by atoms with van der Waals surface area (Å²) in [6.07, 6.45) is 8.67. The minimum Gasteiger partial charge on any atom is -0.508 e. The maximum Gasteiger partial charge on any atom is 0.319 e. The summed E-state index contributed by atoms with van der Waals surface area (Å²) in [4.78, 5) is 52.9. The standard InChI is InChI=1S/C58H61F3N10O7S/c1-6-41-44(59)14-11-36-21-39(72)22-42(49(36)41)51-50(60)52-43(25-62-51)54(70-26-37-12-13-38(27-70)65-37)67-57(66-52)76-20-19-69-17-15-58(61,16-18-69)29-77-47-24-46(78-68-47)48(31(2)3)56(75)71-28-40(73)23-45(71)55(74)64-32(4)34-7-9-35(10-8-34)53-33(5)63-30-79-53/h1,7-11,14,21-22,24-25,30-32,37-38,40,45,48,65,72-73H,12-13,15-20,23,26-29H2,2-5H3,(H,64,74)/t32-,37?,38?,40+,45-,48+/m0/s1. The Labute approximate surface area is 458 Å². The number of nitrogens with zero attached hydrogens (tertiary/aromatic N) is 8. The SMILES string of the molecule is C#Cc1c(F)ccc2cc(O)cc(-c3ncc4c(N5CC6CCC(C5)N6)nc(OCCN5CCC(F)(COc6cc([C@H](C(=O)N7C[C@H](O)C[C@H]7C(=O)N[C@@H](C)c7ccc(-c8scnc8C)cc7)C(C)C)on6)CC5)nc4c3F)c12. The summed E-state index contributed by atoms with van der Waals surface area (Å²) in [5, 5.41) is 33.1. The van der Waals surface area contributed by atoms with E-state index in [1.165, 1.54) is 41.4 Å². The summed E-state index contributed by atoms with van der Waals surface area (Å²) in [6.45, 7) is 9.70. The van der Waals surface area contributed by atoms with E-state index in [9.17, 15) is 19.8 Å². The summed E-state index contributed by atoms with van der Waals surface area (Å²) < 4.78 is 66.2. The Kier molecular flexibility index (Phi) is 15.0. The first-order valence-electron chi connectivity index (χ1n) is 26.7. The van der Waals surface area contributed by atoms with Gasteiger partial charge in [-0.1, -0.05) is 50.1 Å². The lowest BCUT2D eigenvalue weighted by Crippen LogP contribution is -2.51. The van der Waals surface area contributed by atoms with Crippen molar-refractivity contribution in [3.63, 3.8) is 0 Å². The van der Waals surface area contributed by atoms with Crippen LogP contribution in [0.3, 0.4) is 0 Å². The second-order valence-corrected chi connectivity index (χ2v) is 22.5. The number of amides is 2. The molecular weight excluding hydrogens is 1040 g/mol. The van der Waals surface area contributed by atoms with Gasteiger partial charge in [0.1, 0.15) is 59.4 Å². The Morgan fingerprint density at radius 2 is 1.77 bits per heavy atom. The van der Waals surface area contributed by atoms with E-state index in [2.05, 4.69) is 41.6 Å². The number of phenolic OH excluding ortho intramolecular Hbond substituents is 1. The Balaban J connectivity index is 0.716. The van der Waals surface area contributed by atoms with Crippen LogP contribution in [-0.4, -0.2) is 139 Å². The lowest BCUT2D eigenvalue weighted by Gasteiger charge is -2.35. The number of β-amino-alcohol motifs (C(OH)–C–C–N with tert-alkyl or cyclic N) is 1. The van der Waals surface area contributed by atoms with Crippen molar-refractivity contribution in [1.82, 2.24) is 45.5 Å². The number of carbonyl (C=O) groups is 2. The molecule has 79 heavy (non-hydrogen) atoms. The van der Waals surface area contributed by atoms with Gasteiger partial charge in [-0.2, -0.15) is 9.97 Å². The molecule has 2 unspecified atom stereocenters. The number of rotatable bonds is 16. The van der Waals surface area contributed by atoms with Gasteiger partial charge in [-0.3, -0.25) is 19.5 Å². The number of halogens is 3. The number of alkyl halides is 1. The molecule has 0 saturated carbocycles. The topological polar surface area (TPSA) is 204 Å². The highest BCUT2D eigenvalue weighted by molar-refractivity contribution is 7.13. The fourth-order valence-electron chi connectivity index (χ4n) is 11.6. The maximum atomic E-state index is 17.1. The lowest BCUT2D eigenvalue weighted by molar-refractivity contribution is -0.141. The fraction of sp³-hybridized carbons (Fsp3) is 0.431. The minimum atomic E-state index is -1.70. The van der Waals surface area contributed by atoms with Gasteiger partial charge in [-0.25, -0.2) is 18.2 Å². The molecule has 11 rings (SSSR count). The van der Waals surface area contributed by atoms with Crippen LogP contribution in [0.1, 0.15) is 87.4 Å². The van der Waals surface area contributed by atoms with Crippen molar-refractivity contribution < 1.29 is 47.0 Å². The van der Waals surface area contributed by atoms with E-state index in [0.717, 1.165) is 34.5 Å². The van der Waals surface area contributed by atoms with Gasteiger partial charge in [0.15, 0.2) is 11.6 Å². The Morgan fingerprint density at radius 3 is 2.48 bits per heavy atom. The summed E-state index contributed by atoms with van der Waals surface area (Å²) in [5.41, 5.74) is 2.74. The Bertz CT molecular complexity index is 3460. The molecular formula is C58H61F3N10O7S. The number of carbonyl (C=O) groups excluding carboxylic acids is 2. The zero-order valence-corrected chi connectivity index (χ0v) is 45.0. The molecule has 7 aromatic rings. The van der Waals surface area contributed by atoms with Crippen LogP contribution in [0.5, 0.6) is 17.6 Å². The minimum absolute atomic E-state index is 0.0199. The van der Waals surface area contributed by atoms with Crippen molar-refractivity contribution in [2.75, 3.05) is 57.4 Å². The average molecular weight is 1100 g/mol.